The van der Waals surface area contributed by atoms with Crippen LogP contribution in [0.15, 0.2) is 42.5 Å². The summed E-state index contributed by atoms with van der Waals surface area (Å²) in [5.74, 6) is -1.24. The Balaban J connectivity index is 0.000000593. The van der Waals surface area contributed by atoms with E-state index in [0.717, 1.165) is 22.7 Å². The summed E-state index contributed by atoms with van der Waals surface area (Å²) in [5, 5.41) is 20.3. The monoisotopic (exact) mass is 684 g/mol. The number of carboxylic acids is 1. The van der Waals surface area contributed by atoms with Gasteiger partial charge in [-0.15, -0.1) is 0 Å². The van der Waals surface area contributed by atoms with E-state index in [1.54, 1.807) is 0 Å². The first-order valence-electron chi connectivity index (χ1n) is 11.1. The summed E-state index contributed by atoms with van der Waals surface area (Å²) in [6, 6.07) is 14.1. The van der Waals surface area contributed by atoms with Gasteiger partial charge in [-0.05, 0) is 49.2 Å². The standard InChI is InChI=1S/C16H17NO2.C4H9N.C3H5IN2OS.C2HF3O2/c1-12-4-6-13(7-5-12)14-8-9-16(19-11-18)15(10-14)17(2)3;1-4-2-5-3-4;1-4(6-3-7)8-2-5;3-2(4,5)1(6)7/h4-11H,1-3H3;4-5H,2-3H2,1H3;3H,1H3,(H,6,7);(H,6,7). The van der Waals surface area contributed by atoms with E-state index in [-0.39, 0.29) is 0 Å². The topological polar surface area (TPSA) is 132 Å². The number of aliphatic carboxylic acids is 1. The SMILES string of the molecule is CC1CNC1.CI(NC=O)SC#N.Cc1ccc(-c2ccc(OC=O)c(N(C)C)c2)cc1.O=C(O)C(F)(F)F. The van der Waals surface area contributed by atoms with Crippen molar-refractivity contribution in [1.29, 1.82) is 5.26 Å². The number of carbonyl (C=O) groups excluding carboxylic acids is 2. The van der Waals surface area contributed by atoms with Crippen LogP contribution in [0.2, 0.25) is 0 Å². The van der Waals surface area contributed by atoms with Crippen LogP contribution in [0.1, 0.15) is 12.5 Å². The van der Waals surface area contributed by atoms with E-state index in [2.05, 4.69) is 47.0 Å². The maximum atomic E-state index is 10.6. The first-order chi connectivity index (χ1) is 18.3. The van der Waals surface area contributed by atoms with Crippen LogP contribution >= 0.6 is 27.6 Å². The fourth-order valence-corrected chi connectivity index (χ4v) is 4.53. The van der Waals surface area contributed by atoms with E-state index in [1.807, 2.05) is 47.5 Å². The Hall–Kier alpha value is -3.03. The third-order valence-corrected chi connectivity index (χ3v) is 9.18. The van der Waals surface area contributed by atoms with Crippen molar-refractivity contribution in [3.63, 3.8) is 0 Å². The smallest absolute Gasteiger partial charge is 0.475 e. The summed E-state index contributed by atoms with van der Waals surface area (Å²) >= 11 is -1.41. The third-order valence-electron chi connectivity index (χ3n) is 4.58. The van der Waals surface area contributed by atoms with Gasteiger partial charge in [0.1, 0.15) is 0 Å². The Morgan fingerprint density at radius 2 is 1.72 bits per heavy atom. The van der Waals surface area contributed by atoms with Gasteiger partial charge in [0, 0.05) is 14.1 Å². The minimum Gasteiger partial charge on any atom is -0.475 e. The molecule has 3 rings (SSSR count). The summed E-state index contributed by atoms with van der Waals surface area (Å²) in [5.41, 5.74) is 4.36. The van der Waals surface area contributed by atoms with Crippen LogP contribution in [-0.4, -0.2) is 62.2 Å². The molecule has 0 radical (unpaired) electrons. The molecule has 39 heavy (non-hydrogen) atoms. The molecule has 1 amide bonds. The minimum absolute atomic E-state index is 0.452. The molecule has 3 N–H and O–H groups in total. The van der Waals surface area contributed by atoms with Gasteiger partial charge in [0.2, 0.25) is 0 Å². The van der Waals surface area contributed by atoms with Gasteiger partial charge in [0.25, 0.3) is 6.47 Å². The first-order valence-corrected chi connectivity index (χ1v) is 17.7. The van der Waals surface area contributed by atoms with Crippen LogP contribution in [0.5, 0.6) is 5.75 Å². The predicted molar refractivity (Wildman–Crippen MR) is 156 cm³/mol. The molecule has 0 saturated carbocycles. The zero-order valence-electron chi connectivity index (χ0n) is 22.1. The summed E-state index contributed by atoms with van der Waals surface area (Å²) in [6.45, 7) is 7.24. The summed E-state index contributed by atoms with van der Waals surface area (Å²) in [4.78, 5) is 32.9. The molecule has 1 aliphatic heterocycles. The normalized spacial score (nSPS) is 12.1. The fraction of sp³-hybridized carbons (Fsp3) is 0.360. The van der Waals surface area contributed by atoms with E-state index < -0.39 is 30.9 Å². The number of ether oxygens (including phenoxy) is 1. The number of anilines is 1. The third kappa shape index (κ3) is 15.9. The number of nitrogens with one attached hydrogen (secondary N) is 2. The number of hydrogen-bond donors (Lipinski definition) is 3. The largest absolute Gasteiger partial charge is 0.490 e. The van der Waals surface area contributed by atoms with Crippen LogP contribution in [0, 0.1) is 23.5 Å². The number of nitriles is 1. The average Bonchev–Trinajstić information content (AvgIpc) is 2.84. The van der Waals surface area contributed by atoms with Gasteiger partial charge < -0.3 is 20.1 Å². The molecule has 216 valence electrons. The fourth-order valence-electron chi connectivity index (χ4n) is 2.51. The van der Waals surface area contributed by atoms with Crippen LogP contribution in [0.3, 0.4) is 0 Å². The molecule has 0 aliphatic carbocycles. The van der Waals surface area contributed by atoms with Crippen LogP contribution in [0.25, 0.3) is 11.1 Å². The number of benzene rings is 2. The van der Waals surface area contributed by atoms with E-state index >= 15 is 0 Å². The number of alkyl halides is 4. The van der Waals surface area contributed by atoms with Gasteiger partial charge in [-0.1, -0.05) is 42.8 Å². The Morgan fingerprint density at radius 1 is 1.21 bits per heavy atom. The van der Waals surface area contributed by atoms with Gasteiger partial charge in [0.15, 0.2) is 5.75 Å². The van der Waals surface area contributed by atoms with Crippen LogP contribution < -0.4 is 18.5 Å². The van der Waals surface area contributed by atoms with Crippen LogP contribution in [0.4, 0.5) is 18.9 Å². The molecular formula is C25H32F3IN4O5S. The van der Waals surface area contributed by atoms with Crippen molar-refractivity contribution < 1.29 is 37.4 Å². The summed E-state index contributed by atoms with van der Waals surface area (Å²) < 4.78 is 39.3. The number of amides is 1. The number of aryl methyl sites for hydroxylation is 1. The molecule has 0 unspecified atom stereocenters. The summed E-state index contributed by atoms with van der Waals surface area (Å²) in [7, 11) is 5.02. The molecule has 2 aromatic rings. The number of rotatable bonds is 7. The average molecular weight is 685 g/mol. The zero-order valence-corrected chi connectivity index (χ0v) is 25.1. The van der Waals surface area contributed by atoms with Crippen molar-refractivity contribution in [1.82, 2.24) is 8.85 Å². The molecule has 0 aromatic heterocycles. The van der Waals surface area contributed by atoms with Crippen molar-refractivity contribution in [2.45, 2.75) is 20.0 Å². The molecule has 1 fully saturated rings. The minimum atomic E-state index is -5.08. The second-order valence-corrected chi connectivity index (χ2v) is 15.8. The van der Waals surface area contributed by atoms with Crippen molar-refractivity contribution in [3.8, 4) is 22.3 Å². The van der Waals surface area contributed by atoms with Crippen molar-refractivity contribution in [2.24, 2.45) is 5.92 Å². The summed E-state index contributed by atoms with van der Waals surface area (Å²) in [6.07, 6.45) is -4.44. The quantitative estimate of drug-likeness (QED) is 0.121. The molecule has 0 bridgehead atoms. The number of nitrogens with zero attached hydrogens (tertiary/aromatic N) is 2. The van der Waals surface area contributed by atoms with Gasteiger partial charge >= 0.3 is 70.1 Å². The second-order valence-electron chi connectivity index (χ2n) is 8.04. The predicted octanol–water partition coefficient (Wildman–Crippen LogP) is 5.04. The maximum absolute atomic E-state index is 10.6. The van der Waals surface area contributed by atoms with Gasteiger partial charge in [-0.25, -0.2) is 4.79 Å². The zero-order chi connectivity index (χ0) is 30.0. The molecule has 1 aliphatic rings. The van der Waals surface area contributed by atoms with E-state index in [4.69, 9.17) is 19.9 Å². The first kappa shape index (κ1) is 36.0. The Labute approximate surface area is 236 Å². The Bertz CT molecular complexity index is 1080. The van der Waals surface area contributed by atoms with E-state index in [0.29, 0.717) is 18.6 Å². The number of carboxylic acid groups (broad SMARTS) is 1. The van der Waals surface area contributed by atoms with E-state index in [1.165, 1.54) is 27.6 Å². The second kappa shape index (κ2) is 19.1. The van der Waals surface area contributed by atoms with Crippen molar-refractivity contribution in [2.75, 3.05) is 37.0 Å². The molecular weight excluding hydrogens is 652 g/mol. The molecule has 2 aromatic carbocycles. The molecule has 1 heterocycles. The number of thiocyanates is 1. The van der Waals surface area contributed by atoms with E-state index in [9.17, 15) is 22.8 Å². The molecule has 0 atom stereocenters. The Kier molecular flexibility index (Phi) is 17.6. The van der Waals surface area contributed by atoms with Crippen LogP contribution in [-0.2, 0) is 14.4 Å². The number of carbonyl (C=O) groups is 3. The van der Waals surface area contributed by atoms with Crippen molar-refractivity contribution in [3.05, 3.63) is 48.0 Å². The Morgan fingerprint density at radius 3 is 2.08 bits per heavy atom. The number of halogens is 4. The van der Waals surface area contributed by atoms with Gasteiger partial charge in [0.05, 0.1) is 5.69 Å². The molecule has 14 heteroatoms. The van der Waals surface area contributed by atoms with Gasteiger partial charge in [-0.2, -0.15) is 13.2 Å². The molecule has 0 spiro atoms. The maximum Gasteiger partial charge on any atom is 0.490 e. The molecule has 1 saturated heterocycles. The van der Waals surface area contributed by atoms with Crippen molar-refractivity contribution >= 4 is 52.2 Å². The molecule has 9 nitrogen and oxygen atoms in total. The van der Waals surface area contributed by atoms with Gasteiger partial charge in [-0.3, -0.25) is 4.79 Å². The number of hydrogen-bond acceptors (Lipinski definition) is 8.